The topological polar surface area (TPSA) is 0 Å². The van der Waals surface area contributed by atoms with Crippen LogP contribution in [-0.4, -0.2) is 0 Å². The van der Waals surface area contributed by atoms with Gasteiger partial charge < -0.3 is 0 Å². The van der Waals surface area contributed by atoms with Crippen LogP contribution in [0.5, 0.6) is 0 Å². The molecular formula is C17H17Br2Cl. The highest BCUT2D eigenvalue weighted by atomic mass is 79.9. The van der Waals surface area contributed by atoms with E-state index in [2.05, 4.69) is 83.0 Å². The molecule has 0 spiro atoms. The number of aryl methyl sites for hydroxylation is 3. The minimum absolute atomic E-state index is 0.0385. The third-order valence-electron chi connectivity index (χ3n) is 3.60. The van der Waals surface area contributed by atoms with E-state index in [4.69, 9.17) is 11.6 Å². The third kappa shape index (κ3) is 3.66. The standard InChI is InChI=1S/C17H17Br2Cl/c1-10-4-5-13(6-11(10)2)8-17(20)14-9-15(18)12(3)7-16(14)19/h4-7,9,17H,8H2,1-3H3. The maximum Gasteiger partial charge on any atom is 0.0637 e. The normalized spacial score (nSPS) is 12.5. The molecule has 0 saturated carbocycles. The summed E-state index contributed by atoms with van der Waals surface area (Å²) in [6, 6.07) is 10.8. The molecule has 1 atom stereocenters. The Morgan fingerprint density at radius 2 is 1.60 bits per heavy atom. The van der Waals surface area contributed by atoms with Gasteiger partial charge in [0.15, 0.2) is 0 Å². The molecule has 0 aliphatic carbocycles. The molecule has 0 aromatic heterocycles. The molecule has 0 amide bonds. The van der Waals surface area contributed by atoms with Gasteiger partial charge in [-0.05, 0) is 67.1 Å². The largest absolute Gasteiger partial charge is 0.117 e. The van der Waals surface area contributed by atoms with Crippen molar-refractivity contribution >= 4 is 43.5 Å². The lowest BCUT2D eigenvalue weighted by Gasteiger charge is -2.14. The van der Waals surface area contributed by atoms with E-state index >= 15 is 0 Å². The van der Waals surface area contributed by atoms with Crippen molar-refractivity contribution < 1.29 is 0 Å². The van der Waals surface area contributed by atoms with Crippen LogP contribution in [0.4, 0.5) is 0 Å². The van der Waals surface area contributed by atoms with Crippen molar-refractivity contribution in [2.24, 2.45) is 0 Å². The number of alkyl halides is 1. The van der Waals surface area contributed by atoms with Gasteiger partial charge in [0.25, 0.3) is 0 Å². The summed E-state index contributed by atoms with van der Waals surface area (Å²) in [5.74, 6) is 0. The second-order valence-corrected chi connectivity index (χ2v) is 7.45. The molecule has 0 aliphatic rings. The second kappa shape index (κ2) is 6.64. The van der Waals surface area contributed by atoms with E-state index in [1.54, 1.807) is 0 Å². The number of rotatable bonds is 3. The van der Waals surface area contributed by atoms with Crippen molar-refractivity contribution in [2.45, 2.75) is 32.6 Å². The predicted molar refractivity (Wildman–Crippen MR) is 94.8 cm³/mol. The SMILES string of the molecule is Cc1ccc(CC(Cl)c2cc(Br)c(C)cc2Br)cc1C. The van der Waals surface area contributed by atoms with Crippen LogP contribution in [0.3, 0.4) is 0 Å². The molecule has 2 aromatic carbocycles. The zero-order chi connectivity index (χ0) is 14.9. The summed E-state index contributed by atoms with van der Waals surface area (Å²) >= 11 is 13.8. The molecule has 1 unspecified atom stereocenters. The summed E-state index contributed by atoms with van der Waals surface area (Å²) in [6.07, 6.45) is 0.830. The number of benzene rings is 2. The molecule has 2 rings (SSSR count). The van der Waals surface area contributed by atoms with E-state index in [9.17, 15) is 0 Å². The molecule has 0 N–H and O–H groups in total. The van der Waals surface area contributed by atoms with Gasteiger partial charge >= 0.3 is 0 Å². The summed E-state index contributed by atoms with van der Waals surface area (Å²) in [5, 5.41) is -0.0385. The van der Waals surface area contributed by atoms with Crippen molar-refractivity contribution in [1.82, 2.24) is 0 Å². The molecule has 0 fully saturated rings. The fourth-order valence-electron chi connectivity index (χ4n) is 2.15. The van der Waals surface area contributed by atoms with E-state index < -0.39 is 0 Å². The second-order valence-electron chi connectivity index (χ2n) is 5.21. The van der Waals surface area contributed by atoms with Gasteiger partial charge in [-0.1, -0.05) is 50.1 Å². The van der Waals surface area contributed by atoms with Crippen LogP contribution in [0.1, 0.15) is 33.2 Å². The Labute approximate surface area is 142 Å². The van der Waals surface area contributed by atoms with Crippen molar-refractivity contribution in [3.05, 3.63) is 67.1 Å². The van der Waals surface area contributed by atoms with Gasteiger partial charge in [-0.3, -0.25) is 0 Å². The van der Waals surface area contributed by atoms with Gasteiger partial charge in [0.05, 0.1) is 5.38 Å². The van der Waals surface area contributed by atoms with Gasteiger partial charge in [0.1, 0.15) is 0 Å². The lowest BCUT2D eigenvalue weighted by atomic mass is 9.99. The van der Waals surface area contributed by atoms with Crippen LogP contribution in [0.15, 0.2) is 39.3 Å². The molecule has 3 heteroatoms. The van der Waals surface area contributed by atoms with Crippen LogP contribution in [0, 0.1) is 20.8 Å². The Balaban J connectivity index is 2.25. The van der Waals surface area contributed by atoms with Crippen molar-refractivity contribution in [3.8, 4) is 0 Å². The monoisotopic (exact) mass is 414 g/mol. The Bertz CT molecular complexity index is 635. The van der Waals surface area contributed by atoms with Crippen LogP contribution in [0.25, 0.3) is 0 Å². The maximum absolute atomic E-state index is 6.61. The molecule has 0 bridgehead atoms. The minimum Gasteiger partial charge on any atom is -0.117 e. The number of halogens is 3. The molecule has 0 aliphatic heterocycles. The fourth-order valence-corrected chi connectivity index (χ4v) is 3.73. The zero-order valence-electron chi connectivity index (χ0n) is 11.8. The Kier molecular flexibility index (Phi) is 5.33. The highest BCUT2D eigenvalue weighted by Crippen LogP contribution is 2.35. The predicted octanol–water partition coefficient (Wildman–Crippen LogP) is 6.66. The molecule has 20 heavy (non-hydrogen) atoms. The third-order valence-corrected chi connectivity index (χ3v) is 5.53. The molecule has 2 aromatic rings. The Morgan fingerprint density at radius 1 is 0.900 bits per heavy atom. The van der Waals surface area contributed by atoms with Gasteiger partial charge in [0.2, 0.25) is 0 Å². The van der Waals surface area contributed by atoms with Crippen molar-refractivity contribution in [2.75, 3.05) is 0 Å². The van der Waals surface area contributed by atoms with Gasteiger partial charge in [-0.25, -0.2) is 0 Å². The van der Waals surface area contributed by atoms with Crippen LogP contribution < -0.4 is 0 Å². The Hall–Kier alpha value is -0.310. The maximum atomic E-state index is 6.61. The summed E-state index contributed by atoms with van der Waals surface area (Å²) in [7, 11) is 0. The van der Waals surface area contributed by atoms with Crippen molar-refractivity contribution in [1.29, 1.82) is 0 Å². The van der Waals surface area contributed by atoms with Crippen molar-refractivity contribution in [3.63, 3.8) is 0 Å². The van der Waals surface area contributed by atoms with Gasteiger partial charge in [-0.2, -0.15) is 0 Å². The lowest BCUT2D eigenvalue weighted by Crippen LogP contribution is -1.99. The first-order valence-electron chi connectivity index (χ1n) is 6.54. The quantitative estimate of drug-likeness (QED) is 0.491. The summed E-state index contributed by atoms with van der Waals surface area (Å²) in [5.41, 5.74) is 6.24. The first-order valence-corrected chi connectivity index (χ1v) is 8.56. The highest BCUT2D eigenvalue weighted by molar-refractivity contribution is 9.11. The minimum atomic E-state index is -0.0385. The van der Waals surface area contributed by atoms with Gasteiger partial charge in [0, 0.05) is 8.95 Å². The molecule has 0 nitrogen and oxygen atoms in total. The van der Waals surface area contributed by atoms with E-state index in [1.165, 1.54) is 22.3 Å². The first kappa shape index (κ1) is 16.1. The van der Waals surface area contributed by atoms with E-state index in [1.807, 2.05) is 0 Å². The number of hydrogen-bond acceptors (Lipinski definition) is 0. The zero-order valence-corrected chi connectivity index (χ0v) is 15.7. The van der Waals surface area contributed by atoms with E-state index in [0.29, 0.717) is 0 Å². The Morgan fingerprint density at radius 3 is 2.25 bits per heavy atom. The smallest absolute Gasteiger partial charge is 0.0637 e. The fraction of sp³-hybridized carbons (Fsp3) is 0.294. The van der Waals surface area contributed by atoms with E-state index in [0.717, 1.165) is 20.9 Å². The molecule has 0 heterocycles. The molecule has 0 radical (unpaired) electrons. The van der Waals surface area contributed by atoms with Crippen LogP contribution in [-0.2, 0) is 6.42 Å². The summed E-state index contributed by atoms with van der Waals surface area (Å²) in [6.45, 7) is 6.34. The van der Waals surface area contributed by atoms with Crippen LogP contribution in [0.2, 0.25) is 0 Å². The van der Waals surface area contributed by atoms with Crippen LogP contribution >= 0.6 is 43.5 Å². The highest BCUT2D eigenvalue weighted by Gasteiger charge is 2.14. The summed E-state index contributed by atoms with van der Waals surface area (Å²) in [4.78, 5) is 0. The average molecular weight is 417 g/mol. The summed E-state index contributed by atoms with van der Waals surface area (Å²) < 4.78 is 2.17. The molecule has 0 saturated heterocycles. The lowest BCUT2D eigenvalue weighted by molar-refractivity contribution is 0.909. The first-order chi connectivity index (χ1) is 9.38. The number of hydrogen-bond donors (Lipinski definition) is 0. The van der Waals surface area contributed by atoms with Gasteiger partial charge in [-0.15, -0.1) is 11.6 Å². The molecule has 106 valence electrons. The average Bonchev–Trinajstić information content (AvgIpc) is 2.38. The van der Waals surface area contributed by atoms with E-state index in [-0.39, 0.29) is 5.38 Å². The molecular weight excluding hydrogens is 399 g/mol.